The van der Waals surface area contributed by atoms with Gasteiger partial charge in [-0.05, 0) is 29.2 Å². The van der Waals surface area contributed by atoms with Crippen LogP contribution < -0.4 is 0 Å². The summed E-state index contributed by atoms with van der Waals surface area (Å²) in [5, 5.41) is 0. The monoisotopic (exact) mass is 902 g/mol. The first-order valence-corrected chi connectivity index (χ1v) is 22.5. The van der Waals surface area contributed by atoms with Crippen LogP contribution in [0.25, 0.3) is 0 Å². The second-order valence-corrected chi connectivity index (χ2v) is 16.5. The minimum absolute atomic E-state index is 0.00133. The summed E-state index contributed by atoms with van der Waals surface area (Å²) in [4.78, 5) is 25.5. The lowest BCUT2D eigenvalue weighted by Gasteiger charge is -2.51. The summed E-state index contributed by atoms with van der Waals surface area (Å²) >= 11 is 0. The van der Waals surface area contributed by atoms with Crippen LogP contribution in [0, 0.1) is 0 Å². The number of hydrogen-bond donors (Lipinski definition) is 0. The maximum atomic E-state index is 13.6. The number of carbonyl (C=O) groups excluding carboxylic acids is 2. The van der Waals surface area contributed by atoms with E-state index >= 15 is 0 Å². The van der Waals surface area contributed by atoms with Crippen molar-refractivity contribution in [2.45, 2.75) is 114 Å². The van der Waals surface area contributed by atoms with E-state index in [0.29, 0.717) is 6.61 Å². The number of methoxy groups -OCH3 is 1. The summed E-state index contributed by atoms with van der Waals surface area (Å²) < 4.78 is 72.8. The Kier molecular flexibility index (Phi) is 17.2. The van der Waals surface area contributed by atoms with E-state index in [9.17, 15) is 9.59 Å². The van der Waals surface area contributed by atoms with Crippen LogP contribution in [0.4, 0.5) is 0 Å². The Morgan fingerprint density at radius 2 is 1.06 bits per heavy atom. The Morgan fingerprint density at radius 1 is 0.545 bits per heavy atom. The van der Waals surface area contributed by atoms with Gasteiger partial charge in [0, 0.05) is 19.1 Å². The van der Waals surface area contributed by atoms with Crippen molar-refractivity contribution in [3.05, 3.63) is 179 Å². The van der Waals surface area contributed by atoms with Gasteiger partial charge in [-0.25, -0.2) is 0 Å². The third kappa shape index (κ3) is 12.8. The summed E-state index contributed by atoms with van der Waals surface area (Å²) in [6, 6.07) is 49.0. The van der Waals surface area contributed by atoms with Gasteiger partial charge in [0.1, 0.15) is 48.5 Å². The quantitative estimate of drug-likeness (QED) is 0.0663. The molecular formula is C53H58O13. The fraction of sp³-hybridized carbons (Fsp3) is 0.396. The van der Waals surface area contributed by atoms with Crippen LogP contribution >= 0.6 is 0 Å². The smallest absolute Gasteiger partial charge is 0.306 e. The molecule has 0 aliphatic carbocycles. The van der Waals surface area contributed by atoms with E-state index in [4.69, 9.17) is 52.1 Å². The first-order chi connectivity index (χ1) is 32.4. The highest BCUT2D eigenvalue weighted by molar-refractivity contribution is 5.81. The third-order valence-corrected chi connectivity index (χ3v) is 11.7. The van der Waals surface area contributed by atoms with Crippen molar-refractivity contribution in [3.8, 4) is 0 Å². The minimum atomic E-state index is -1.20. The summed E-state index contributed by atoms with van der Waals surface area (Å²) in [5.41, 5.74) is 4.58. The normalized spacial score (nSPS) is 27.4. The molecule has 3 saturated heterocycles. The number of carbonyl (C=O) groups is 2. The van der Waals surface area contributed by atoms with Gasteiger partial charge in [0.25, 0.3) is 0 Å². The second kappa shape index (κ2) is 24.0. The molecule has 8 rings (SSSR count). The average Bonchev–Trinajstić information content (AvgIpc) is 3.36. The van der Waals surface area contributed by atoms with E-state index in [1.54, 1.807) is 0 Å². The van der Waals surface area contributed by atoms with E-state index in [2.05, 4.69) is 0 Å². The molecule has 2 unspecified atom stereocenters. The van der Waals surface area contributed by atoms with Crippen LogP contribution in [0.5, 0.6) is 0 Å². The van der Waals surface area contributed by atoms with Crippen molar-refractivity contribution >= 4 is 11.8 Å². The molecule has 0 aromatic heterocycles. The summed E-state index contributed by atoms with van der Waals surface area (Å²) in [5.74, 6) is -0.784. The topological polar surface area (TPSA) is 136 Å². The van der Waals surface area contributed by atoms with Crippen molar-refractivity contribution in [2.24, 2.45) is 0 Å². The Bertz CT molecular complexity index is 2200. The van der Waals surface area contributed by atoms with Gasteiger partial charge < -0.3 is 56.9 Å². The van der Waals surface area contributed by atoms with Crippen molar-refractivity contribution < 1.29 is 61.7 Å². The standard InChI is InChI=1S/C53H58O13/c1-36(54)28-29-44(55)64-50-48(46-43(62-52(50)56-2)35-61-51(65-46)41-26-16-7-17-27-41)66-53-49(60-33-40-24-14-6-15-25-40)47(59-32-39-22-12-5-13-23-39)45(58-31-38-20-10-4-11-21-38)42(63-53)34-57-30-37-18-8-3-9-19-37/h3-27,42-43,45-53H,28-35H2,1-2H3/t42-,43-,45-,46+,47+,48+,49-,50-,51?,52-,53?/m1/s1. The number of hydrogen-bond acceptors (Lipinski definition) is 13. The Balaban J connectivity index is 1.18. The van der Waals surface area contributed by atoms with Crippen molar-refractivity contribution in [1.29, 1.82) is 0 Å². The van der Waals surface area contributed by atoms with Crippen LogP contribution in [0.3, 0.4) is 0 Å². The second-order valence-electron chi connectivity index (χ2n) is 16.5. The molecule has 11 atom stereocenters. The van der Waals surface area contributed by atoms with Crippen LogP contribution in [-0.2, 0) is 88.1 Å². The summed E-state index contributed by atoms with van der Waals surface area (Å²) in [6.45, 7) is 2.58. The molecule has 0 bridgehead atoms. The maximum Gasteiger partial charge on any atom is 0.306 e. The molecule has 0 amide bonds. The molecule has 66 heavy (non-hydrogen) atoms. The molecule has 0 radical (unpaired) electrons. The van der Waals surface area contributed by atoms with E-state index < -0.39 is 73.7 Å². The van der Waals surface area contributed by atoms with Crippen LogP contribution in [0.15, 0.2) is 152 Å². The number of fused-ring (bicyclic) bond motifs is 1. The van der Waals surface area contributed by atoms with E-state index in [1.807, 2.05) is 152 Å². The fourth-order valence-corrected chi connectivity index (χ4v) is 8.30. The largest absolute Gasteiger partial charge is 0.454 e. The first kappa shape index (κ1) is 47.3. The van der Waals surface area contributed by atoms with Crippen molar-refractivity contribution in [1.82, 2.24) is 0 Å². The first-order valence-electron chi connectivity index (χ1n) is 22.5. The summed E-state index contributed by atoms with van der Waals surface area (Å²) in [6.07, 6.45) is -10.4. The summed E-state index contributed by atoms with van der Waals surface area (Å²) in [7, 11) is 1.46. The van der Waals surface area contributed by atoms with E-state index in [1.165, 1.54) is 14.0 Å². The zero-order valence-corrected chi connectivity index (χ0v) is 37.2. The lowest BCUT2D eigenvalue weighted by atomic mass is 9.95. The molecule has 3 heterocycles. The van der Waals surface area contributed by atoms with E-state index in [0.717, 1.165) is 27.8 Å². The lowest BCUT2D eigenvalue weighted by Crippen LogP contribution is -2.67. The van der Waals surface area contributed by atoms with Gasteiger partial charge in [-0.1, -0.05) is 152 Å². The van der Waals surface area contributed by atoms with Gasteiger partial charge in [-0.3, -0.25) is 4.79 Å². The Morgan fingerprint density at radius 3 is 1.61 bits per heavy atom. The molecule has 3 fully saturated rings. The van der Waals surface area contributed by atoms with Crippen LogP contribution in [0.1, 0.15) is 53.9 Å². The number of benzene rings is 5. The number of rotatable bonds is 21. The maximum absolute atomic E-state index is 13.6. The molecule has 13 heteroatoms. The molecule has 3 aliphatic rings. The third-order valence-electron chi connectivity index (χ3n) is 11.7. The van der Waals surface area contributed by atoms with Gasteiger partial charge in [0.2, 0.25) is 0 Å². The molecule has 5 aromatic carbocycles. The van der Waals surface area contributed by atoms with Gasteiger partial charge in [0.05, 0.1) is 46.1 Å². The Hall–Kier alpha value is -5.16. The van der Waals surface area contributed by atoms with Gasteiger partial charge in [0.15, 0.2) is 25.0 Å². The minimum Gasteiger partial charge on any atom is -0.454 e. The van der Waals surface area contributed by atoms with Crippen LogP contribution in [-0.4, -0.2) is 93.5 Å². The molecule has 5 aromatic rings. The van der Waals surface area contributed by atoms with Gasteiger partial charge in [-0.15, -0.1) is 0 Å². The molecule has 0 saturated carbocycles. The number of esters is 1. The number of ether oxygens (including phenoxy) is 11. The molecule has 0 N–H and O–H groups in total. The van der Waals surface area contributed by atoms with Crippen molar-refractivity contribution in [3.63, 3.8) is 0 Å². The van der Waals surface area contributed by atoms with E-state index in [-0.39, 0.29) is 51.7 Å². The molecule has 13 nitrogen and oxygen atoms in total. The zero-order chi connectivity index (χ0) is 45.5. The molecule has 0 spiro atoms. The highest BCUT2D eigenvalue weighted by Gasteiger charge is 2.57. The Labute approximate surface area is 386 Å². The average molecular weight is 903 g/mol. The van der Waals surface area contributed by atoms with Gasteiger partial charge in [-0.2, -0.15) is 0 Å². The SMILES string of the molecule is CO[C@@H]1O[C@@H]2COC(c3ccccc3)O[C@@H]2[C@H](OC2O[C@H](COCc3ccccc3)[C@@H](OCc3ccccc3)[C@H](OCc3ccccc3)[C@H]2OCc2ccccc2)[C@H]1OC(=O)CCC(C)=O. The molecular weight excluding hydrogens is 845 g/mol. The predicted molar refractivity (Wildman–Crippen MR) is 240 cm³/mol. The lowest BCUT2D eigenvalue weighted by molar-refractivity contribution is -0.396. The highest BCUT2D eigenvalue weighted by atomic mass is 16.8. The zero-order valence-electron chi connectivity index (χ0n) is 37.2. The fourth-order valence-electron chi connectivity index (χ4n) is 8.30. The number of ketones is 1. The van der Waals surface area contributed by atoms with Gasteiger partial charge >= 0.3 is 5.97 Å². The van der Waals surface area contributed by atoms with Crippen molar-refractivity contribution in [2.75, 3.05) is 20.3 Å². The highest BCUT2D eigenvalue weighted by Crippen LogP contribution is 2.40. The molecule has 3 aliphatic heterocycles. The molecule has 348 valence electrons. The number of Topliss-reactive ketones (excluding diaryl/α,β-unsaturated/α-hetero) is 1. The predicted octanol–water partition coefficient (Wildman–Crippen LogP) is 7.84. The van der Waals surface area contributed by atoms with Crippen LogP contribution in [0.2, 0.25) is 0 Å².